The second kappa shape index (κ2) is 7.86. The average Bonchev–Trinajstić information content (AvgIpc) is 2.75. The number of methoxy groups -OCH3 is 1. The molecule has 1 fully saturated rings. The summed E-state index contributed by atoms with van der Waals surface area (Å²) in [5.41, 5.74) is 0.921. The van der Waals surface area contributed by atoms with E-state index in [9.17, 15) is 0 Å². The third-order valence-corrected chi connectivity index (χ3v) is 4.43. The van der Waals surface area contributed by atoms with Crippen molar-refractivity contribution in [3.05, 3.63) is 55.1 Å². The number of nitrogens with zero attached hydrogens (tertiary/aromatic N) is 6. The van der Waals surface area contributed by atoms with Crippen molar-refractivity contribution in [2.75, 3.05) is 48.4 Å². The first-order chi connectivity index (χ1) is 13.3. The van der Waals surface area contributed by atoms with Gasteiger partial charge in [-0.3, -0.25) is 0 Å². The molecule has 1 saturated heterocycles. The van der Waals surface area contributed by atoms with Crippen molar-refractivity contribution in [1.82, 2.24) is 19.9 Å². The van der Waals surface area contributed by atoms with Crippen LogP contribution < -0.4 is 19.9 Å². The Bertz CT molecular complexity index is 882. The van der Waals surface area contributed by atoms with E-state index in [4.69, 9.17) is 4.74 Å². The van der Waals surface area contributed by atoms with Crippen LogP contribution in [0, 0.1) is 0 Å². The van der Waals surface area contributed by atoms with E-state index in [2.05, 4.69) is 35.1 Å². The largest absolute Gasteiger partial charge is 0.497 e. The highest BCUT2D eigenvalue weighted by Crippen LogP contribution is 2.23. The minimum Gasteiger partial charge on any atom is -0.497 e. The molecule has 3 aromatic rings. The molecule has 8 nitrogen and oxygen atoms in total. The molecule has 1 aromatic carbocycles. The van der Waals surface area contributed by atoms with Gasteiger partial charge in [-0.1, -0.05) is 6.07 Å². The monoisotopic (exact) mass is 363 g/mol. The first-order valence-corrected chi connectivity index (χ1v) is 8.82. The third kappa shape index (κ3) is 4.05. The highest BCUT2D eigenvalue weighted by molar-refractivity contribution is 5.61. The van der Waals surface area contributed by atoms with E-state index < -0.39 is 0 Å². The van der Waals surface area contributed by atoms with Crippen LogP contribution in [0.5, 0.6) is 5.75 Å². The molecule has 138 valence electrons. The summed E-state index contributed by atoms with van der Waals surface area (Å²) >= 11 is 0. The molecule has 0 spiro atoms. The summed E-state index contributed by atoms with van der Waals surface area (Å²) in [7, 11) is 1.65. The lowest BCUT2D eigenvalue weighted by atomic mass is 10.3. The van der Waals surface area contributed by atoms with Gasteiger partial charge in [0.15, 0.2) is 0 Å². The van der Waals surface area contributed by atoms with Crippen molar-refractivity contribution in [3.8, 4) is 5.75 Å². The molecule has 3 heterocycles. The lowest BCUT2D eigenvalue weighted by Crippen LogP contribution is -2.47. The molecule has 0 radical (unpaired) electrons. The van der Waals surface area contributed by atoms with Gasteiger partial charge in [0.25, 0.3) is 0 Å². The van der Waals surface area contributed by atoms with Gasteiger partial charge in [-0.2, -0.15) is 0 Å². The van der Waals surface area contributed by atoms with E-state index in [1.807, 2.05) is 36.4 Å². The van der Waals surface area contributed by atoms with Crippen LogP contribution in [-0.4, -0.2) is 53.2 Å². The van der Waals surface area contributed by atoms with Gasteiger partial charge in [-0.05, 0) is 18.2 Å². The Kier molecular flexibility index (Phi) is 4.95. The van der Waals surface area contributed by atoms with Crippen LogP contribution in [0.15, 0.2) is 55.1 Å². The van der Waals surface area contributed by atoms with Gasteiger partial charge in [0, 0.05) is 56.4 Å². The number of nitrogens with one attached hydrogen (secondary N) is 1. The van der Waals surface area contributed by atoms with Crippen molar-refractivity contribution < 1.29 is 4.74 Å². The van der Waals surface area contributed by atoms with Gasteiger partial charge in [0.2, 0.25) is 5.95 Å². The topological polar surface area (TPSA) is 79.3 Å². The number of aromatic nitrogens is 4. The van der Waals surface area contributed by atoms with Crippen molar-refractivity contribution >= 4 is 23.3 Å². The summed E-state index contributed by atoms with van der Waals surface area (Å²) in [6, 6.07) is 11.6. The van der Waals surface area contributed by atoms with E-state index in [1.54, 1.807) is 25.8 Å². The Morgan fingerprint density at radius 1 is 0.889 bits per heavy atom. The second-order valence-electron chi connectivity index (χ2n) is 6.14. The standard InChI is InChI=1S/C19H21N7O/c1-27-16-5-2-4-15(12-16)24-17-13-18(23-14-22-17)25-8-10-26(11-9-25)19-20-6-3-7-21-19/h2-7,12-14H,8-11H2,1H3,(H,22,23,24). The fourth-order valence-electron chi connectivity index (χ4n) is 3.03. The number of anilines is 4. The van der Waals surface area contributed by atoms with Gasteiger partial charge in [-0.25, -0.2) is 19.9 Å². The molecule has 0 atom stereocenters. The average molecular weight is 363 g/mol. The zero-order chi connectivity index (χ0) is 18.5. The molecule has 1 aliphatic heterocycles. The lowest BCUT2D eigenvalue weighted by molar-refractivity contribution is 0.415. The maximum atomic E-state index is 5.26. The third-order valence-electron chi connectivity index (χ3n) is 4.43. The summed E-state index contributed by atoms with van der Waals surface area (Å²) in [5, 5.41) is 3.30. The summed E-state index contributed by atoms with van der Waals surface area (Å²) in [6.07, 6.45) is 5.13. The number of ether oxygens (including phenoxy) is 1. The molecule has 4 rings (SSSR count). The molecule has 0 saturated carbocycles. The number of piperazine rings is 1. The fraction of sp³-hybridized carbons (Fsp3) is 0.263. The summed E-state index contributed by atoms with van der Waals surface area (Å²) in [6.45, 7) is 3.42. The molecule has 27 heavy (non-hydrogen) atoms. The van der Waals surface area contributed by atoms with Crippen molar-refractivity contribution in [2.24, 2.45) is 0 Å². The lowest BCUT2D eigenvalue weighted by Gasteiger charge is -2.35. The van der Waals surface area contributed by atoms with Gasteiger partial charge < -0.3 is 19.9 Å². The quantitative estimate of drug-likeness (QED) is 0.740. The number of hydrogen-bond acceptors (Lipinski definition) is 8. The first-order valence-electron chi connectivity index (χ1n) is 8.82. The molecule has 0 bridgehead atoms. The van der Waals surface area contributed by atoms with E-state index >= 15 is 0 Å². The van der Waals surface area contributed by atoms with Crippen LogP contribution in [-0.2, 0) is 0 Å². The Morgan fingerprint density at radius 3 is 2.44 bits per heavy atom. The molecular formula is C19H21N7O. The highest BCUT2D eigenvalue weighted by Gasteiger charge is 2.20. The molecule has 0 aliphatic carbocycles. The van der Waals surface area contributed by atoms with E-state index in [-0.39, 0.29) is 0 Å². The van der Waals surface area contributed by atoms with E-state index in [1.165, 1.54) is 0 Å². The maximum absolute atomic E-state index is 5.26. The van der Waals surface area contributed by atoms with Crippen LogP contribution >= 0.6 is 0 Å². The predicted octanol–water partition coefficient (Wildman–Crippen LogP) is 2.35. The summed E-state index contributed by atoms with van der Waals surface area (Å²) in [4.78, 5) is 21.9. The number of benzene rings is 1. The van der Waals surface area contributed by atoms with E-state index in [0.717, 1.165) is 55.2 Å². The van der Waals surface area contributed by atoms with E-state index in [0.29, 0.717) is 0 Å². The van der Waals surface area contributed by atoms with Gasteiger partial charge in [0.1, 0.15) is 23.7 Å². The maximum Gasteiger partial charge on any atom is 0.225 e. The highest BCUT2D eigenvalue weighted by atomic mass is 16.5. The summed E-state index contributed by atoms with van der Waals surface area (Å²) < 4.78 is 5.26. The molecule has 2 aromatic heterocycles. The van der Waals surface area contributed by atoms with Gasteiger partial charge in [0.05, 0.1) is 7.11 Å². The second-order valence-corrected chi connectivity index (χ2v) is 6.14. The normalized spacial score (nSPS) is 14.1. The molecule has 0 amide bonds. The smallest absolute Gasteiger partial charge is 0.225 e. The Labute approximate surface area is 157 Å². The molecule has 1 N–H and O–H groups in total. The zero-order valence-corrected chi connectivity index (χ0v) is 15.1. The van der Waals surface area contributed by atoms with Crippen LogP contribution in [0.25, 0.3) is 0 Å². The molecular weight excluding hydrogens is 342 g/mol. The Balaban J connectivity index is 1.42. The van der Waals surface area contributed by atoms with Crippen LogP contribution in [0.3, 0.4) is 0 Å². The number of rotatable bonds is 5. The van der Waals surface area contributed by atoms with Crippen molar-refractivity contribution in [2.45, 2.75) is 0 Å². The van der Waals surface area contributed by atoms with Crippen LogP contribution in [0.2, 0.25) is 0 Å². The fourth-order valence-corrected chi connectivity index (χ4v) is 3.03. The minimum absolute atomic E-state index is 0.752. The predicted molar refractivity (Wildman–Crippen MR) is 105 cm³/mol. The molecule has 8 heteroatoms. The minimum atomic E-state index is 0.752. The number of hydrogen-bond donors (Lipinski definition) is 1. The Morgan fingerprint density at radius 2 is 1.67 bits per heavy atom. The first kappa shape index (κ1) is 17.0. The van der Waals surface area contributed by atoms with Gasteiger partial charge >= 0.3 is 0 Å². The van der Waals surface area contributed by atoms with Gasteiger partial charge in [-0.15, -0.1) is 0 Å². The molecule has 1 aliphatic rings. The van der Waals surface area contributed by atoms with Crippen LogP contribution in [0.4, 0.5) is 23.3 Å². The van der Waals surface area contributed by atoms with Crippen molar-refractivity contribution in [3.63, 3.8) is 0 Å². The van der Waals surface area contributed by atoms with Crippen LogP contribution in [0.1, 0.15) is 0 Å². The summed E-state index contributed by atoms with van der Waals surface area (Å²) in [5.74, 6) is 3.24. The SMILES string of the molecule is COc1cccc(Nc2cc(N3CCN(c4ncccn4)CC3)ncn2)c1. The zero-order valence-electron chi connectivity index (χ0n) is 15.1. The van der Waals surface area contributed by atoms with Crippen molar-refractivity contribution in [1.29, 1.82) is 0 Å². The molecule has 0 unspecified atom stereocenters. The Hall–Kier alpha value is -3.42.